The Hall–Kier alpha value is -0.610. The maximum atomic E-state index is 9.49. The van der Waals surface area contributed by atoms with Gasteiger partial charge in [0.05, 0.1) is 19.3 Å². The van der Waals surface area contributed by atoms with Crippen molar-refractivity contribution in [2.24, 2.45) is 10.4 Å². The van der Waals surface area contributed by atoms with Crippen LogP contribution in [-0.4, -0.2) is 68.5 Å². The van der Waals surface area contributed by atoms with Crippen molar-refractivity contribution in [3.05, 3.63) is 34.9 Å². The maximum absolute atomic E-state index is 9.49. The molecule has 0 aliphatic carbocycles. The molecule has 0 amide bonds. The molecule has 8 heteroatoms. The van der Waals surface area contributed by atoms with Gasteiger partial charge in [-0.05, 0) is 49.3 Å². The zero-order chi connectivity index (χ0) is 21.8. The number of benzene rings is 1. The van der Waals surface area contributed by atoms with Gasteiger partial charge in [0.1, 0.15) is 0 Å². The van der Waals surface area contributed by atoms with Crippen molar-refractivity contribution < 1.29 is 9.84 Å². The molecule has 1 fully saturated rings. The largest absolute Gasteiger partial charge is 0.396 e. The van der Waals surface area contributed by atoms with Crippen LogP contribution >= 0.6 is 35.6 Å². The number of aliphatic hydroxyl groups excluding tert-OH is 1. The number of nitrogens with zero attached hydrogens (tertiary/aromatic N) is 2. The second-order valence-electron chi connectivity index (χ2n) is 7.97. The number of hydrogen-bond acceptors (Lipinski definition) is 4. The molecular formula is C23H40ClIN4O2. The molecule has 0 radical (unpaired) electrons. The summed E-state index contributed by atoms with van der Waals surface area (Å²) in [5.41, 5.74) is 1.29. The van der Waals surface area contributed by atoms with Crippen molar-refractivity contribution >= 4 is 41.5 Å². The topological polar surface area (TPSA) is 69.1 Å². The van der Waals surface area contributed by atoms with Crippen LogP contribution in [0.4, 0.5) is 0 Å². The lowest BCUT2D eigenvalue weighted by molar-refractivity contribution is 0.0170. The standard InChI is InChI=1S/C23H39ClN4O2.HI/c1-4-23(5-2,11-14-29)18-27-22(25-6-3)26-17-21(28-12-15-30-16-13-28)19-7-9-20(24)10-8-19;/h7-10,21,29H,4-6,11-18H2,1-3H3,(H2,25,26,27);1H. The highest BCUT2D eigenvalue weighted by atomic mass is 127. The highest BCUT2D eigenvalue weighted by molar-refractivity contribution is 14.0. The van der Waals surface area contributed by atoms with Crippen LogP contribution in [0.1, 0.15) is 51.6 Å². The van der Waals surface area contributed by atoms with Gasteiger partial charge in [0.25, 0.3) is 0 Å². The summed E-state index contributed by atoms with van der Waals surface area (Å²) >= 11 is 6.11. The Bertz CT molecular complexity index is 635. The minimum atomic E-state index is 0. The molecule has 1 saturated heterocycles. The van der Waals surface area contributed by atoms with E-state index in [-0.39, 0.29) is 42.0 Å². The van der Waals surface area contributed by atoms with Crippen LogP contribution in [0.25, 0.3) is 0 Å². The van der Waals surface area contributed by atoms with Gasteiger partial charge >= 0.3 is 0 Å². The van der Waals surface area contributed by atoms with Crippen molar-refractivity contribution in [3.63, 3.8) is 0 Å². The number of halogens is 2. The van der Waals surface area contributed by atoms with Gasteiger partial charge in [0.2, 0.25) is 0 Å². The van der Waals surface area contributed by atoms with Gasteiger partial charge in [0.15, 0.2) is 5.96 Å². The zero-order valence-electron chi connectivity index (χ0n) is 19.2. The van der Waals surface area contributed by atoms with E-state index in [9.17, 15) is 5.11 Å². The first-order valence-corrected chi connectivity index (χ1v) is 11.7. The van der Waals surface area contributed by atoms with Crippen LogP contribution in [0.15, 0.2) is 29.3 Å². The summed E-state index contributed by atoms with van der Waals surface area (Å²) in [5, 5.41) is 17.2. The average Bonchev–Trinajstić information content (AvgIpc) is 2.78. The van der Waals surface area contributed by atoms with Gasteiger partial charge in [-0.1, -0.05) is 37.6 Å². The third kappa shape index (κ3) is 9.04. The van der Waals surface area contributed by atoms with Gasteiger partial charge in [-0.3, -0.25) is 9.89 Å². The Morgan fingerprint density at radius 2 is 1.81 bits per heavy atom. The van der Waals surface area contributed by atoms with E-state index in [0.29, 0.717) is 6.54 Å². The molecular weight excluding hydrogens is 527 g/mol. The highest BCUT2D eigenvalue weighted by Crippen LogP contribution is 2.30. The van der Waals surface area contributed by atoms with Crippen molar-refractivity contribution in [2.45, 2.75) is 46.1 Å². The summed E-state index contributed by atoms with van der Waals surface area (Å²) < 4.78 is 5.55. The molecule has 1 heterocycles. The fourth-order valence-electron chi connectivity index (χ4n) is 3.96. The third-order valence-corrected chi connectivity index (χ3v) is 6.51. The minimum absolute atomic E-state index is 0. The Morgan fingerprint density at radius 1 is 1.16 bits per heavy atom. The van der Waals surface area contributed by atoms with E-state index < -0.39 is 0 Å². The van der Waals surface area contributed by atoms with Crippen molar-refractivity contribution in [1.29, 1.82) is 0 Å². The molecule has 2 rings (SSSR count). The lowest BCUT2D eigenvalue weighted by atomic mass is 9.79. The first-order valence-electron chi connectivity index (χ1n) is 11.3. The Kier molecular flexibility index (Phi) is 14.0. The molecule has 178 valence electrons. The van der Waals surface area contributed by atoms with Crippen molar-refractivity contribution in [3.8, 4) is 0 Å². The predicted octanol–water partition coefficient (Wildman–Crippen LogP) is 4.08. The molecule has 0 bridgehead atoms. The van der Waals surface area contributed by atoms with Crippen LogP contribution in [0.5, 0.6) is 0 Å². The quantitative estimate of drug-likeness (QED) is 0.214. The SMILES string of the molecule is CCNC(=NCC(CC)(CC)CCO)NCC(c1ccc(Cl)cc1)N1CCOCC1.I. The smallest absolute Gasteiger partial charge is 0.191 e. The van der Waals surface area contributed by atoms with E-state index in [4.69, 9.17) is 21.3 Å². The van der Waals surface area contributed by atoms with Crippen LogP contribution in [0.3, 0.4) is 0 Å². The lowest BCUT2D eigenvalue weighted by Crippen LogP contribution is -2.46. The molecule has 1 aliphatic heterocycles. The third-order valence-electron chi connectivity index (χ3n) is 6.26. The second-order valence-corrected chi connectivity index (χ2v) is 8.41. The molecule has 6 nitrogen and oxygen atoms in total. The highest BCUT2D eigenvalue weighted by Gasteiger charge is 2.26. The molecule has 1 unspecified atom stereocenters. The van der Waals surface area contributed by atoms with Gasteiger partial charge in [0, 0.05) is 44.4 Å². The van der Waals surface area contributed by atoms with Gasteiger partial charge in [-0.2, -0.15) is 0 Å². The molecule has 0 spiro atoms. The molecule has 1 atom stereocenters. The average molecular weight is 567 g/mol. The van der Waals surface area contributed by atoms with Gasteiger partial charge < -0.3 is 20.5 Å². The second kappa shape index (κ2) is 15.3. The van der Waals surface area contributed by atoms with E-state index in [0.717, 1.165) is 69.6 Å². The predicted molar refractivity (Wildman–Crippen MR) is 141 cm³/mol. The first kappa shape index (κ1) is 28.4. The number of nitrogens with one attached hydrogen (secondary N) is 2. The van der Waals surface area contributed by atoms with Gasteiger partial charge in [-0.25, -0.2) is 0 Å². The zero-order valence-corrected chi connectivity index (χ0v) is 22.3. The molecule has 1 aromatic rings. The summed E-state index contributed by atoms with van der Waals surface area (Å²) in [6.07, 6.45) is 2.80. The number of rotatable bonds is 11. The molecule has 0 aromatic heterocycles. The number of hydrogen-bond donors (Lipinski definition) is 3. The van der Waals surface area contributed by atoms with Crippen LogP contribution in [0.2, 0.25) is 5.02 Å². The summed E-state index contributed by atoms with van der Waals surface area (Å²) in [5.74, 6) is 0.828. The molecule has 1 aromatic carbocycles. The Balaban J connectivity index is 0.00000480. The molecule has 0 saturated carbocycles. The van der Waals surface area contributed by atoms with E-state index in [1.807, 2.05) is 12.1 Å². The van der Waals surface area contributed by atoms with Crippen molar-refractivity contribution in [1.82, 2.24) is 15.5 Å². The van der Waals surface area contributed by atoms with Crippen LogP contribution in [-0.2, 0) is 4.74 Å². The molecule has 31 heavy (non-hydrogen) atoms. The number of aliphatic imine (C=N–C) groups is 1. The minimum Gasteiger partial charge on any atom is -0.396 e. The number of morpholine rings is 1. The molecule has 3 N–H and O–H groups in total. The molecule has 1 aliphatic rings. The Morgan fingerprint density at radius 3 is 2.35 bits per heavy atom. The fraction of sp³-hybridized carbons (Fsp3) is 0.696. The Labute approximate surface area is 210 Å². The van der Waals surface area contributed by atoms with E-state index >= 15 is 0 Å². The van der Waals surface area contributed by atoms with E-state index in [2.05, 4.69) is 48.4 Å². The van der Waals surface area contributed by atoms with Crippen LogP contribution in [0, 0.1) is 5.41 Å². The number of aliphatic hydroxyl groups is 1. The first-order chi connectivity index (χ1) is 14.6. The summed E-state index contributed by atoms with van der Waals surface area (Å²) in [6.45, 7) is 12.3. The number of guanidine groups is 1. The normalized spacial score (nSPS) is 16.5. The summed E-state index contributed by atoms with van der Waals surface area (Å²) in [6, 6.07) is 8.34. The maximum Gasteiger partial charge on any atom is 0.191 e. The lowest BCUT2D eigenvalue weighted by Gasteiger charge is -2.35. The van der Waals surface area contributed by atoms with Crippen molar-refractivity contribution in [2.75, 3.05) is 52.5 Å². The van der Waals surface area contributed by atoms with E-state index in [1.165, 1.54) is 5.56 Å². The summed E-state index contributed by atoms with van der Waals surface area (Å²) in [4.78, 5) is 7.35. The monoisotopic (exact) mass is 566 g/mol. The van der Waals surface area contributed by atoms with Crippen LogP contribution < -0.4 is 10.6 Å². The van der Waals surface area contributed by atoms with E-state index in [1.54, 1.807) is 0 Å². The van der Waals surface area contributed by atoms with Gasteiger partial charge in [-0.15, -0.1) is 24.0 Å². The fourth-order valence-corrected chi connectivity index (χ4v) is 4.08. The summed E-state index contributed by atoms with van der Waals surface area (Å²) in [7, 11) is 0. The number of ether oxygens (including phenoxy) is 1.